The Morgan fingerprint density at radius 1 is 0.388 bits per heavy atom. The smallest absolute Gasteiger partial charge is 0.252 e. The van der Waals surface area contributed by atoms with Crippen molar-refractivity contribution in [2.45, 2.75) is 118 Å². The van der Waals surface area contributed by atoms with Gasteiger partial charge in [-0.25, -0.2) is 0 Å². The largest absolute Gasteiger partial charge is 0.490 e. The summed E-state index contributed by atoms with van der Waals surface area (Å²) in [6.07, 6.45) is 0.847. The highest BCUT2D eigenvalue weighted by Gasteiger charge is 2.45. The topological polar surface area (TPSA) is 24.9 Å². The Hall–Kier alpha value is -6.20. The van der Waals surface area contributed by atoms with E-state index in [0.717, 1.165) is 35.0 Å². The maximum absolute atomic E-state index is 6.52. The molecule has 4 nitrogen and oxygen atoms in total. The van der Waals surface area contributed by atoms with Crippen molar-refractivity contribution in [3.05, 3.63) is 161 Å². The van der Waals surface area contributed by atoms with Gasteiger partial charge in [-0.2, -0.15) is 0 Å². The molecule has 3 heterocycles. The summed E-state index contributed by atoms with van der Waals surface area (Å²) in [6, 6.07) is 51.5. The van der Waals surface area contributed by atoms with Gasteiger partial charge in [0.05, 0.1) is 13.2 Å². The van der Waals surface area contributed by atoms with Crippen molar-refractivity contribution in [2.75, 3.05) is 23.0 Å². The lowest BCUT2D eigenvalue weighted by Gasteiger charge is -2.45. The number of hydrogen-bond donors (Lipinski definition) is 0. The number of fused-ring (bicyclic) bond motifs is 5. The summed E-state index contributed by atoms with van der Waals surface area (Å²) in [6.45, 7) is 31.0. The Balaban J connectivity index is 1.26. The Bertz CT molecular complexity index is 2950. The van der Waals surface area contributed by atoms with Crippen LogP contribution in [0.4, 0.5) is 34.1 Å². The number of hydrogen-bond acceptors (Lipinski definition) is 4. The third-order valence-corrected chi connectivity index (χ3v) is 14.3. The first-order valence-corrected chi connectivity index (χ1v) is 24.4. The standard InChI is InChI=1S/C62H67BN2O2/c1-39-31-54-58-55(32-39)65(49-34-42(40-15-19-44(20-16-40)59(2,3)4)33-43(35-49)41-17-21-45(22-18-41)60(5,6)7)52-28-25-47(62(11,12)13)36-50(52)63(58)51-37-56-57(67-30-14-29-66-56)38-53(51)64(54)48-26-23-46(24-27-48)61(8,9)10/h15-28,31-38H,14,29-30H2,1-13H3. The molecule has 0 unspecified atom stereocenters. The van der Waals surface area contributed by atoms with Crippen molar-refractivity contribution in [2.24, 2.45) is 0 Å². The van der Waals surface area contributed by atoms with E-state index in [4.69, 9.17) is 9.47 Å². The van der Waals surface area contributed by atoms with E-state index in [1.807, 2.05) is 0 Å². The highest BCUT2D eigenvalue weighted by atomic mass is 16.5. The van der Waals surface area contributed by atoms with Gasteiger partial charge in [0.25, 0.3) is 6.71 Å². The second-order valence-corrected chi connectivity index (χ2v) is 23.5. The summed E-state index contributed by atoms with van der Waals surface area (Å²) in [5.74, 6) is 1.63. The molecule has 0 aromatic heterocycles. The summed E-state index contributed by atoms with van der Waals surface area (Å²) in [5.41, 5.74) is 22.1. The van der Waals surface area contributed by atoms with Gasteiger partial charge in [-0.1, -0.05) is 156 Å². The van der Waals surface area contributed by atoms with Crippen LogP contribution in [0.15, 0.2) is 133 Å². The fourth-order valence-corrected chi connectivity index (χ4v) is 10.3. The van der Waals surface area contributed by atoms with Crippen molar-refractivity contribution < 1.29 is 9.47 Å². The molecule has 0 atom stereocenters. The predicted octanol–water partition coefficient (Wildman–Crippen LogP) is 14.8. The molecule has 7 aromatic carbocycles. The van der Waals surface area contributed by atoms with Gasteiger partial charge in [0.15, 0.2) is 11.5 Å². The second-order valence-electron chi connectivity index (χ2n) is 23.5. The zero-order valence-electron chi connectivity index (χ0n) is 42.1. The van der Waals surface area contributed by atoms with Gasteiger partial charge in [-0.05, 0) is 150 Å². The maximum atomic E-state index is 6.52. The molecule has 0 amide bonds. The molecule has 0 spiro atoms. The molecule has 0 saturated heterocycles. The van der Waals surface area contributed by atoms with E-state index in [9.17, 15) is 0 Å². The fourth-order valence-electron chi connectivity index (χ4n) is 10.3. The van der Waals surface area contributed by atoms with Gasteiger partial charge in [0, 0.05) is 46.6 Å². The zero-order chi connectivity index (χ0) is 47.4. The molecule has 3 aliphatic rings. The van der Waals surface area contributed by atoms with Crippen LogP contribution in [0.25, 0.3) is 22.3 Å². The van der Waals surface area contributed by atoms with Crippen LogP contribution in [0.2, 0.25) is 0 Å². The molecule has 0 fully saturated rings. The molecule has 5 heteroatoms. The van der Waals surface area contributed by atoms with Gasteiger partial charge < -0.3 is 19.3 Å². The summed E-state index contributed by atoms with van der Waals surface area (Å²) in [4.78, 5) is 5.06. The molecular weight excluding hydrogens is 816 g/mol. The molecule has 0 saturated carbocycles. The lowest BCUT2D eigenvalue weighted by Crippen LogP contribution is -2.61. The summed E-state index contributed by atoms with van der Waals surface area (Å²) in [7, 11) is 0. The zero-order valence-corrected chi connectivity index (χ0v) is 42.1. The van der Waals surface area contributed by atoms with Crippen molar-refractivity contribution in [3.8, 4) is 33.8 Å². The summed E-state index contributed by atoms with van der Waals surface area (Å²) in [5, 5.41) is 0. The molecule has 7 aromatic rings. The van der Waals surface area contributed by atoms with Crippen LogP contribution >= 0.6 is 0 Å². The number of nitrogens with zero attached hydrogens (tertiary/aromatic N) is 2. The minimum Gasteiger partial charge on any atom is -0.490 e. The average Bonchev–Trinajstić information content (AvgIpc) is 3.52. The molecular formula is C62H67BN2O2. The van der Waals surface area contributed by atoms with Gasteiger partial charge in [-0.3, -0.25) is 0 Å². The van der Waals surface area contributed by atoms with E-state index < -0.39 is 0 Å². The van der Waals surface area contributed by atoms with E-state index in [1.165, 1.54) is 83.5 Å². The highest BCUT2D eigenvalue weighted by molar-refractivity contribution is 7.00. The van der Waals surface area contributed by atoms with Crippen molar-refractivity contribution >= 4 is 57.2 Å². The van der Waals surface area contributed by atoms with E-state index in [-0.39, 0.29) is 28.4 Å². The molecule has 10 rings (SSSR count). The molecule has 0 bridgehead atoms. The van der Waals surface area contributed by atoms with Crippen LogP contribution in [0.5, 0.6) is 11.5 Å². The van der Waals surface area contributed by atoms with Gasteiger partial charge in [0.2, 0.25) is 0 Å². The van der Waals surface area contributed by atoms with Gasteiger partial charge >= 0.3 is 0 Å². The number of aryl methyl sites for hydroxylation is 1. The van der Waals surface area contributed by atoms with Crippen LogP contribution < -0.4 is 35.7 Å². The normalized spacial score (nSPS) is 14.6. The van der Waals surface area contributed by atoms with Gasteiger partial charge in [-0.15, -0.1) is 0 Å². The number of rotatable bonds is 4. The minimum atomic E-state index is -0.0647. The van der Waals surface area contributed by atoms with Crippen LogP contribution in [0.3, 0.4) is 0 Å². The Morgan fingerprint density at radius 2 is 0.821 bits per heavy atom. The fraction of sp³-hybridized carbons (Fsp3) is 0.323. The highest BCUT2D eigenvalue weighted by Crippen LogP contribution is 2.48. The van der Waals surface area contributed by atoms with E-state index in [1.54, 1.807) is 0 Å². The average molecular weight is 883 g/mol. The molecule has 0 aliphatic carbocycles. The molecule has 0 radical (unpaired) electrons. The van der Waals surface area contributed by atoms with Crippen molar-refractivity contribution in [1.29, 1.82) is 0 Å². The van der Waals surface area contributed by atoms with E-state index in [2.05, 4.69) is 233 Å². The predicted molar refractivity (Wildman–Crippen MR) is 286 cm³/mol. The molecule has 67 heavy (non-hydrogen) atoms. The monoisotopic (exact) mass is 883 g/mol. The van der Waals surface area contributed by atoms with Crippen molar-refractivity contribution in [3.63, 3.8) is 0 Å². The first-order valence-electron chi connectivity index (χ1n) is 24.4. The Labute approximate surface area is 401 Å². The number of benzene rings is 7. The van der Waals surface area contributed by atoms with Crippen LogP contribution in [0, 0.1) is 6.92 Å². The Kier molecular flexibility index (Phi) is 10.6. The Morgan fingerprint density at radius 3 is 1.31 bits per heavy atom. The van der Waals surface area contributed by atoms with Crippen LogP contribution in [-0.4, -0.2) is 19.9 Å². The molecule has 3 aliphatic heterocycles. The first-order chi connectivity index (χ1) is 31.6. The van der Waals surface area contributed by atoms with Crippen LogP contribution in [0.1, 0.15) is 117 Å². The first kappa shape index (κ1) is 44.6. The van der Waals surface area contributed by atoms with Crippen LogP contribution in [-0.2, 0) is 21.7 Å². The third-order valence-electron chi connectivity index (χ3n) is 14.3. The quantitative estimate of drug-likeness (QED) is 0.164. The number of ether oxygens (including phenoxy) is 2. The second kappa shape index (κ2) is 16.0. The van der Waals surface area contributed by atoms with E-state index >= 15 is 0 Å². The minimum absolute atomic E-state index is 0.0278. The lowest BCUT2D eigenvalue weighted by atomic mass is 9.33. The van der Waals surface area contributed by atoms with Crippen molar-refractivity contribution in [1.82, 2.24) is 0 Å². The lowest BCUT2D eigenvalue weighted by molar-refractivity contribution is 0.297. The maximum Gasteiger partial charge on any atom is 0.252 e. The van der Waals surface area contributed by atoms with Gasteiger partial charge in [0.1, 0.15) is 0 Å². The summed E-state index contributed by atoms with van der Waals surface area (Å²) >= 11 is 0. The SMILES string of the molecule is Cc1cc2c3c(c1)N(c1ccc(C(C)(C)C)cc1)c1cc4c(cc1B3c1cc(C(C)(C)C)ccc1N2c1cc(-c2ccc(C(C)(C)C)cc2)cc(-c2ccc(C(C)(C)C)cc2)c1)OCCCO4. The summed E-state index contributed by atoms with van der Waals surface area (Å²) < 4.78 is 13.0. The molecule has 340 valence electrons. The number of anilines is 6. The third kappa shape index (κ3) is 8.13. The molecule has 0 N–H and O–H groups in total. The van der Waals surface area contributed by atoms with E-state index in [0.29, 0.717) is 13.2 Å².